The zero-order chi connectivity index (χ0) is 43.7. The molecule has 342 valence electrons. The van der Waals surface area contributed by atoms with Gasteiger partial charge in [-0.3, -0.25) is 14.2 Å². The molecule has 3 atom stereocenters. The molecule has 10 nitrogen and oxygen atoms in total. The van der Waals surface area contributed by atoms with Crippen LogP contribution in [0.1, 0.15) is 174 Å². The Balaban J connectivity index is 4.38. The maximum atomic E-state index is 12.7. The second kappa shape index (κ2) is 39.8. The normalized spacial score (nSPS) is 14.6. The fourth-order valence-electron chi connectivity index (χ4n) is 5.96. The van der Waals surface area contributed by atoms with Gasteiger partial charge in [-0.1, -0.05) is 152 Å². The molecule has 0 aliphatic rings. The van der Waals surface area contributed by atoms with Gasteiger partial charge in [0.1, 0.15) is 19.8 Å². The van der Waals surface area contributed by atoms with Crippen molar-refractivity contribution in [1.29, 1.82) is 0 Å². The molecule has 59 heavy (non-hydrogen) atoms. The molecule has 0 spiro atoms. The Hall–Kier alpha value is -2.33. The van der Waals surface area contributed by atoms with Crippen molar-refractivity contribution in [3.8, 4) is 0 Å². The van der Waals surface area contributed by atoms with E-state index in [4.69, 9.17) is 18.5 Å². The molecule has 0 aromatic heterocycles. The van der Waals surface area contributed by atoms with Crippen LogP contribution >= 0.6 is 7.82 Å². The number of nitrogens with zero attached hydrogens (tertiary/aromatic N) is 1. The van der Waals surface area contributed by atoms with Crippen LogP contribution in [0.4, 0.5) is 0 Å². The first-order valence-corrected chi connectivity index (χ1v) is 24.6. The average Bonchev–Trinajstić information content (AvgIpc) is 3.18. The van der Waals surface area contributed by atoms with Crippen molar-refractivity contribution in [1.82, 2.24) is 0 Å². The number of unbranched alkanes of at least 4 members (excludes halogenated alkanes) is 17. The first-order chi connectivity index (χ1) is 28.4. The van der Waals surface area contributed by atoms with Crippen molar-refractivity contribution in [2.45, 2.75) is 187 Å². The molecule has 1 N–H and O–H groups in total. The molecule has 0 aromatic rings. The summed E-state index contributed by atoms with van der Waals surface area (Å²) in [5, 5.41) is 9.89. The number of carbonyl (C=O) groups excluding carboxylic acids is 2. The van der Waals surface area contributed by atoms with Gasteiger partial charge in [0, 0.05) is 12.8 Å². The highest BCUT2D eigenvalue weighted by atomic mass is 31.2. The van der Waals surface area contributed by atoms with Crippen molar-refractivity contribution in [2.24, 2.45) is 0 Å². The third kappa shape index (κ3) is 43.6. The largest absolute Gasteiger partial charge is 0.756 e. The average molecular weight is 852 g/mol. The lowest BCUT2D eigenvalue weighted by molar-refractivity contribution is -0.870. The van der Waals surface area contributed by atoms with Gasteiger partial charge >= 0.3 is 11.9 Å². The smallest absolute Gasteiger partial charge is 0.306 e. The van der Waals surface area contributed by atoms with E-state index in [1.807, 2.05) is 45.4 Å². The quantitative estimate of drug-likeness (QED) is 0.0159. The van der Waals surface area contributed by atoms with Crippen LogP contribution < -0.4 is 4.89 Å². The van der Waals surface area contributed by atoms with Gasteiger partial charge in [-0.2, -0.15) is 0 Å². The van der Waals surface area contributed by atoms with Gasteiger partial charge in [0.15, 0.2) is 6.10 Å². The summed E-state index contributed by atoms with van der Waals surface area (Å²) < 4.78 is 33.9. The number of phosphoric ester groups is 1. The van der Waals surface area contributed by atoms with E-state index in [2.05, 4.69) is 44.2 Å². The molecule has 0 aromatic carbocycles. The number of esters is 2. The molecule has 0 rings (SSSR count). The Morgan fingerprint density at radius 1 is 0.644 bits per heavy atom. The zero-order valence-corrected chi connectivity index (χ0v) is 38.9. The molecule has 11 heteroatoms. The molecular formula is C48H86NO9P. The number of aliphatic hydroxyl groups is 1. The minimum absolute atomic E-state index is 0.0477. The molecule has 0 saturated carbocycles. The van der Waals surface area contributed by atoms with E-state index in [0.29, 0.717) is 30.3 Å². The number of carbonyl (C=O) groups is 2. The summed E-state index contributed by atoms with van der Waals surface area (Å²) in [7, 11) is 1.11. The van der Waals surface area contributed by atoms with E-state index >= 15 is 0 Å². The molecule has 0 heterocycles. The molecule has 0 aliphatic heterocycles. The van der Waals surface area contributed by atoms with Gasteiger partial charge in [-0.15, -0.1) is 0 Å². The first-order valence-electron chi connectivity index (χ1n) is 23.1. The molecular weight excluding hydrogens is 766 g/mol. The number of hydrogen-bond acceptors (Lipinski definition) is 9. The second-order valence-electron chi connectivity index (χ2n) is 16.6. The van der Waals surface area contributed by atoms with Crippen molar-refractivity contribution < 1.29 is 47.2 Å². The van der Waals surface area contributed by atoms with Crippen molar-refractivity contribution in [3.05, 3.63) is 60.8 Å². The van der Waals surface area contributed by atoms with Crippen LogP contribution in [0.15, 0.2) is 60.8 Å². The number of aliphatic hydroxyl groups excluding tert-OH is 1. The summed E-state index contributed by atoms with van der Waals surface area (Å²) in [6.45, 7) is 3.94. The van der Waals surface area contributed by atoms with Crippen molar-refractivity contribution >= 4 is 19.8 Å². The highest BCUT2D eigenvalue weighted by molar-refractivity contribution is 7.45. The predicted octanol–water partition coefficient (Wildman–Crippen LogP) is 11.6. The van der Waals surface area contributed by atoms with E-state index in [0.717, 1.165) is 70.6 Å². The van der Waals surface area contributed by atoms with E-state index in [1.165, 1.54) is 57.8 Å². The lowest BCUT2D eigenvalue weighted by Gasteiger charge is -2.28. The summed E-state index contributed by atoms with van der Waals surface area (Å²) >= 11 is 0. The maximum absolute atomic E-state index is 12.7. The summed E-state index contributed by atoms with van der Waals surface area (Å²) in [4.78, 5) is 37.6. The molecule has 0 radical (unpaired) electrons. The van der Waals surface area contributed by atoms with Gasteiger partial charge < -0.3 is 33.0 Å². The molecule has 0 bridgehead atoms. The lowest BCUT2D eigenvalue weighted by Crippen LogP contribution is -2.37. The molecule has 0 aliphatic carbocycles. The minimum atomic E-state index is -4.65. The van der Waals surface area contributed by atoms with Crippen LogP contribution in [0.25, 0.3) is 0 Å². The van der Waals surface area contributed by atoms with E-state index in [9.17, 15) is 24.2 Å². The number of phosphoric acid groups is 1. The second-order valence-corrected chi connectivity index (χ2v) is 18.0. The number of ether oxygens (including phenoxy) is 2. The topological polar surface area (TPSA) is 131 Å². The third-order valence-electron chi connectivity index (χ3n) is 9.60. The number of hydrogen-bond donors (Lipinski definition) is 1. The van der Waals surface area contributed by atoms with Gasteiger partial charge in [-0.05, 0) is 70.6 Å². The van der Waals surface area contributed by atoms with Crippen LogP contribution in [-0.4, -0.2) is 81.2 Å². The summed E-state index contributed by atoms with van der Waals surface area (Å²) in [6.07, 6.45) is 44.3. The van der Waals surface area contributed by atoms with Gasteiger partial charge in [-0.25, -0.2) is 0 Å². The Bertz CT molecular complexity index is 1210. The fourth-order valence-corrected chi connectivity index (χ4v) is 6.68. The summed E-state index contributed by atoms with van der Waals surface area (Å²) in [6, 6.07) is 0. The first kappa shape index (κ1) is 56.7. The van der Waals surface area contributed by atoms with Crippen LogP contribution in [0.5, 0.6) is 0 Å². The predicted molar refractivity (Wildman–Crippen MR) is 242 cm³/mol. The van der Waals surface area contributed by atoms with Crippen molar-refractivity contribution in [2.75, 3.05) is 47.5 Å². The number of quaternary nitrogens is 1. The Kier molecular flexibility index (Phi) is 38.2. The highest BCUT2D eigenvalue weighted by Gasteiger charge is 2.21. The van der Waals surface area contributed by atoms with Gasteiger partial charge in [0.2, 0.25) is 0 Å². The van der Waals surface area contributed by atoms with E-state index in [1.54, 1.807) is 6.08 Å². The Morgan fingerprint density at radius 2 is 1.19 bits per heavy atom. The van der Waals surface area contributed by atoms with E-state index in [-0.39, 0.29) is 26.1 Å². The van der Waals surface area contributed by atoms with Crippen LogP contribution in [-0.2, 0) is 32.7 Å². The summed E-state index contributed by atoms with van der Waals surface area (Å²) in [5.41, 5.74) is 0. The van der Waals surface area contributed by atoms with Gasteiger partial charge in [0.25, 0.3) is 7.82 Å². The fraction of sp³-hybridized carbons (Fsp3) is 0.750. The van der Waals surface area contributed by atoms with Gasteiger partial charge in [0.05, 0.1) is 33.9 Å². The zero-order valence-electron chi connectivity index (χ0n) is 38.0. The lowest BCUT2D eigenvalue weighted by atomic mass is 10.1. The standard InChI is InChI=1S/C48H86NO9P/c1-6-8-10-11-12-13-14-15-16-17-18-19-20-21-22-25-28-31-35-39-47(51)55-43-46(44-57-59(53,54)56-42-41-49(3,4)5)58-48(52)40-36-32-29-26-23-24-27-30-34-38-45(50)37-33-9-7-2/h9,12-13,15-16,27,30,33-34,38,45-46,50H,6-8,10-11,14,17-26,28-29,31-32,35-37,39-44H2,1-5H3/b13-12-,16-15-,30-27+,33-9+,38-34+/t45?,46-/m1/s1. The molecule has 2 unspecified atom stereocenters. The molecule has 0 fully saturated rings. The number of rotatable bonds is 41. The van der Waals surface area contributed by atoms with E-state index < -0.39 is 38.6 Å². The van der Waals surface area contributed by atoms with Crippen molar-refractivity contribution in [3.63, 3.8) is 0 Å². The maximum Gasteiger partial charge on any atom is 0.306 e. The monoisotopic (exact) mass is 852 g/mol. The van der Waals surface area contributed by atoms with Crippen LogP contribution in [0, 0.1) is 0 Å². The molecule has 0 saturated heterocycles. The number of likely N-dealkylation sites (N-methyl/N-ethyl adjacent to an activating group) is 1. The SMILES string of the molecule is CC/C=C/CC(O)/C=C/C=C/CCCCCCCC(=O)O[C@H](COC(=O)CCCCCCCCCCC/C=C\C/C=C\CCCCC)COP(=O)([O-])OCC[N+](C)(C)C. The summed E-state index contributed by atoms with van der Waals surface area (Å²) in [5.74, 6) is -0.896. The minimum Gasteiger partial charge on any atom is -0.756 e. The highest BCUT2D eigenvalue weighted by Crippen LogP contribution is 2.38. The third-order valence-corrected chi connectivity index (χ3v) is 10.6. The molecule has 0 amide bonds. The van der Waals surface area contributed by atoms with Crippen LogP contribution in [0.2, 0.25) is 0 Å². The van der Waals surface area contributed by atoms with Crippen LogP contribution in [0.3, 0.4) is 0 Å². The Morgan fingerprint density at radius 3 is 1.76 bits per heavy atom. The number of allylic oxidation sites excluding steroid dienone is 8. The Labute approximate surface area is 360 Å².